The highest BCUT2D eigenvalue weighted by Gasteiger charge is 2.41. The topological polar surface area (TPSA) is 105 Å². The molecule has 25 heavy (non-hydrogen) atoms. The fraction of sp³-hybridized carbons (Fsp3) is 0.500. The molecule has 0 radical (unpaired) electrons. The number of nitrogens with one attached hydrogen (secondary N) is 1. The molecule has 2 rings (SSSR count). The van der Waals surface area contributed by atoms with Gasteiger partial charge in [-0.15, -0.1) is 15.7 Å². The van der Waals surface area contributed by atoms with Crippen LogP contribution in [0.5, 0.6) is 0 Å². The van der Waals surface area contributed by atoms with Crippen molar-refractivity contribution in [1.29, 1.82) is 0 Å². The zero-order valence-corrected chi connectivity index (χ0v) is 16.4. The number of aliphatic hydroxyl groups is 1. The molecule has 0 bridgehead atoms. The Morgan fingerprint density at radius 2 is 2.04 bits per heavy atom. The highest BCUT2D eigenvalue weighted by molar-refractivity contribution is 7.95. The number of hydrogen-bond acceptors (Lipinski definition) is 6. The molecule has 0 saturated carbocycles. The minimum atomic E-state index is -4.29. The zero-order chi connectivity index (χ0) is 19.0. The number of carbonyl (C=O) groups is 1. The average Bonchev–Trinajstić information content (AvgIpc) is 2.95. The number of aryl methyl sites for hydroxylation is 1. The SMILES string of the molecule is CCOC(=O)C1=C(N[C@@H](c2ccc(C)s2)C(C)(C)C)C(O)=NS1(=O)=O. The number of nitrogens with zero attached hydrogens (tertiary/aromatic N) is 1. The monoisotopic (exact) mass is 386 g/mol. The molecule has 7 nitrogen and oxygen atoms in total. The summed E-state index contributed by atoms with van der Waals surface area (Å²) in [5, 5.41) is 13.0. The maximum atomic E-state index is 12.1. The Bertz CT molecular complexity index is 844. The van der Waals surface area contributed by atoms with Crippen molar-refractivity contribution in [1.82, 2.24) is 5.32 Å². The van der Waals surface area contributed by atoms with Crippen LogP contribution in [0.4, 0.5) is 0 Å². The van der Waals surface area contributed by atoms with E-state index in [1.807, 2.05) is 39.8 Å². The number of sulfonamides is 1. The average molecular weight is 386 g/mol. The van der Waals surface area contributed by atoms with E-state index in [4.69, 9.17) is 4.74 Å². The lowest BCUT2D eigenvalue weighted by Gasteiger charge is -2.32. The number of ether oxygens (including phenoxy) is 1. The lowest BCUT2D eigenvalue weighted by molar-refractivity contribution is -0.137. The molecule has 1 atom stereocenters. The van der Waals surface area contributed by atoms with Gasteiger partial charge < -0.3 is 15.2 Å². The number of hydrogen-bond donors (Lipinski definition) is 2. The van der Waals surface area contributed by atoms with Gasteiger partial charge >= 0.3 is 5.97 Å². The molecule has 0 aromatic carbocycles. The van der Waals surface area contributed by atoms with Gasteiger partial charge in [0.05, 0.1) is 12.6 Å². The van der Waals surface area contributed by atoms with E-state index in [1.54, 1.807) is 18.3 Å². The molecule has 138 valence electrons. The lowest BCUT2D eigenvalue weighted by atomic mass is 9.85. The van der Waals surface area contributed by atoms with Gasteiger partial charge in [-0.3, -0.25) is 0 Å². The maximum absolute atomic E-state index is 12.1. The Balaban J connectivity index is 2.53. The Morgan fingerprint density at radius 1 is 1.40 bits per heavy atom. The molecule has 0 aliphatic carbocycles. The number of carbonyl (C=O) groups excluding carboxylic acids is 1. The van der Waals surface area contributed by atoms with E-state index in [-0.39, 0.29) is 23.8 Å². The van der Waals surface area contributed by atoms with Crippen molar-refractivity contribution in [3.05, 3.63) is 32.5 Å². The molecule has 0 unspecified atom stereocenters. The second kappa shape index (κ2) is 6.80. The maximum Gasteiger partial charge on any atom is 0.354 e. The van der Waals surface area contributed by atoms with E-state index in [9.17, 15) is 18.3 Å². The third-order valence-electron chi connectivity index (χ3n) is 3.58. The number of thiophene rings is 1. The predicted molar refractivity (Wildman–Crippen MR) is 97.0 cm³/mol. The summed E-state index contributed by atoms with van der Waals surface area (Å²) >= 11 is 1.55. The second-order valence-electron chi connectivity index (χ2n) is 6.71. The van der Waals surface area contributed by atoms with Gasteiger partial charge in [-0.25, -0.2) is 4.79 Å². The fourth-order valence-electron chi connectivity index (χ4n) is 2.44. The summed E-state index contributed by atoms with van der Waals surface area (Å²) < 4.78 is 32.3. The molecule has 9 heteroatoms. The van der Waals surface area contributed by atoms with Crippen molar-refractivity contribution in [2.24, 2.45) is 9.81 Å². The third kappa shape index (κ3) is 4.04. The van der Waals surface area contributed by atoms with Crippen molar-refractivity contribution in [3.63, 3.8) is 0 Å². The Labute approximate surface area is 151 Å². The van der Waals surface area contributed by atoms with Crippen LogP contribution in [-0.2, 0) is 19.6 Å². The van der Waals surface area contributed by atoms with Crippen LogP contribution >= 0.6 is 11.3 Å². The largest absolute Gasteiger partial charge is 0.491 e. The second-order valence-corrected chi connectivity index (χ2v) is 9.57. The Hall–Kier alpha value is -1.87. The molecule has 2 heterocycles. The van der Waals surface area contributed by atoms with Crippen LogP contribution in [0, 0.1) is 12.3 Å². The van der Waals surface area contributed by atoms with E-state index in [0.717, 1.165) is 9.75 Å². The van der Waals surface area contributed by atoms with E-state index >= 15 is 0 Å². The van der Waals surface area contributed by atoms with E-state index < -0.39 is 26.8 Å². The van der Waals surface area contributed by atoms with Gasteiger partial charge in [-0.05, 0) is 31.4 Å². The van der Waals surface area contributed by atoms with Crippen LogP contribution in [-0.4, -0.2) is 32.0 Å². The zero-order valence-electron chi connectivity index (χ0n) is 14.8. The van der Waals surface area contributed by atoms with Gasteiger partial charge in [-0.1, -0.05) is 20.8 Å². The minimum absolute atomic E-state index is 0.0126. The predicted octanol–water partition coefficient (Wildman–Crippen LogP) is 2.81. The van der Waals surface area contributed by atoms with E-state index in [2.05, 4.69) is 9.71 Å². The molecule has 1 aliphatic rings. The molecule has 0 saturated heterocycles. The standard InChI is InChI=1S/C16H22N2O5S2/c1-6-23-15(20)12-11(14(19)18-25(12,21)22)17-13(16(3,4)5)10-8-7-9(2)24-10/h7-8,13,17H,6H2,1-5H3,(H,18,19)/t13-/m0/s1. The highest BCUT2D eigenvalue weighted by atomic mass is 32.2. The van der Waals surface area contributed by atoms with Gasteiger partial charge in [0, 0.05) is 9.75 Å². The summed E-state index contributed by atoms with van der Waals surface area (Å²) in [6.07, 6.45) is 0. The lowest BCUT2D eigenvalue weighted by Crippen LogP contribution is -2.34. The van der Waals surface area contributed by atoms with Gasteiger partial charge in [0.25, 0.3) is 10.0 Å². The summed E-state index contributed by atoms with van der Waals surface area (Å²) in [4.78, 5) is 13.5. The van der Waals surface area contributed by atoms with Crippen LogP contribution in [0.3, 0.4) is 0 Å². The molecule has 0 spiro atoms. The summed E-state index contributed by atoms with van der Waals surface area (Å²) in [7, 11) is -4.29. The van der Waals surface area contributed by atoms with Gasteiger partial charge in [-0.2, -0.15) is 8.42 Å². The van der Waals surface area contributed by atoms with Crippen molar-refractivity contribution >= 4 is 33.2 Å². The first-order valence-electron chi connectivity index (χ1n) is 7.76. The number of aliphatic hydroxyl groups excluding tert-OH is 1. The van der Waals surface area contributed by atoms with Crippen LogP contribution in [0.2, 0.25) is 0 Å². The smallest absolute Gasteiger partial charge is 0.354 e. The van der Waals surface area contributed by atoms with E-state index in [0.29, 0.717) is 0 Å². The molecule has 0 amide bonds. The first-order chi connectivity index (χ1) is 11.5. The number of esters is 1. The van der Waals surface area contributed by atoms with Crippen LogP contribution in [0.1, 0.15) is 43.5 Å². The molecule has 2 N–H and O–H groups in total. The quantitative estimate of drug-likeness (QED) is 0.754. The summed E-state index contributed by atoms with van der Waals surface area (Å²) in [6, 6.07) is 3.56. The van der Waals surface area contributed by atoms with Crippen molar-refractivity contribution in [2.75, 3.05) is 6.61 Å². The van der Waals surface area contributed by atoms with Crippen molar-refractivity contribution in [3.8, 4) is 0 Å². The minimum Gasteiger partial charge on any atom is -0.491 e. The molecule has 0 fully saturated rings. The van der Waals surface area contributed by atoms with Gasteiger partial charge in [0.15, 0.2) is 0 Å². The first-order valence-corrected chi connectivity index (χ1v) is 10.0. The van der Waals surface area contributed by atoms with Crippen LogP contribution < -0.4 is 5.32 Å². The summed E-state index contributed by atoms with van der Waals surface area (Å²) in [5.41, 5.74) is -0.541. The fourth-order valence-corrected chi connectivity index (χ4v) is 4.70. The third-order valence-corrected chi connectivity index (χ3v) is 5.94. The highest BCUT2D eigenvalue weighted by Crippen LogP contribution is 2.38. The van der Waals surface area contributed by atoms with Crippen LogP contribution in [0.25, 0.3) is 0 Å². The van der Waals surface area contributed by atoms with Gasteiger partial charge in [0.1, 0.15) is 5.70 Å². The van der Waals surface area contributed by atoms with E-state index in [1.165, 1.54) is 0 Å². The van der Waals surface area contributed by atoms with Gasteiger partial charge in [0.2, 0.25) is 10.8 Å². The number of rotatable bonds is 5. The molecular formula is C16H22N2O5S2. The summed E-state index contributed by atoms with van der Waals surface area (Å²) in [6.45, 7) is 9.47. The molecule has 1 aliphatic heterocycles. The Kier molecular flexibility index (Phi) is 5.29. The summed E-state index contributed by atoms with van der Waals surface area (Å²) in [5.74, 6) is -1.77. The first kappa shape index (κ1) is 19.5. The van der Waals surface area contributed by atoms with Crippen LogP contribution in [0.15, 0.2) is 27.1 Å². The Morgan fingerprint density at radius 3 is 2.52 bits per heavy atom. The van der Waals surface area contributed by atoms with Crippen molar-refractivity contribution in [2.45, 2.75) is 40.7 Å². The van der Waals surface area contributed by atoms with Crippen molar-refractivity contribution < 1.29 is 23.1 Å². The normalized spacial score (nSPS) is 18.0. The molecular weight excluding hydrogens is 364 g/mol. The molecule has 1 aromatic heterocycles. The molecule has 1 aromatic rings.